The maximum atomic E-state index is 11.8. The Morgan fingerprint density at radius 1 is 1.14 bits per heavy atom. The summed E-state index contributed by atoms with van der Waals surface area (Å²) in [5.74, 6) is -0.451. The molecule has 2 heterocycles. The number of rotatable bonds is 5. The van der Waals surface area contributed by atoms with Crippen molar-refractivity contribution in [1.29, 1.82) is 0 Å². The molecule has 1 aromatic heterocycles. The zero-order valence-corrected chi connectivity index (χ0v) is 15.8. The van der Waals surface area contributed by atoms with Gasteiger partial charge in [-0.25, -0.2) is 4.79 Å². The van der Waals surface area contributed by atoms with Crippen molar-refractivity contribution in [2.24, 2.45) is 0 Å². The van der Waals surface area contributed by atoms with E-state index in [2.05, 4.69) is 46.6 Å². The number of carbonyl (C=O) groups is 1. The number of anilines is 2. The van der Waals surface area contributed by atoms with Gasteiger partial charge in [-0.2, -0.15) is 0 Å². The van der Waals surface area contributed by atoms with Crippen LogP contribution in [0.2, 0.25) is 0 Å². The van der Waals surface area contributed by atoms with Crippen molar-refractivity contribution in [2.45, 2.75) is 25.8 Å². The van der Waals surface area contributed by atoms with E-state index in [1.807, 2.05) is 30.3 Å². The number of aryl methyl sites for hydroxylation is 1. The van der Waals surface area contributed by atoms with E-state index in [0.717, 1.165) is 25.9 Å². The van der Waals surface area contributed by atoms with E-state index in [-0.39, 0.29) is 17.4 Å². The molecule has 1 saturated heterocycles. The third kappa shape index (κ3) is 3.71. The molecule has 0 radical (unpaired) electrons. The van der Waals surface area contributed by atoms with Crippen LogP contribution in [0.1, 0.15) is 28.8 Å². The molecule has 3 aromatic rings. The molecule has 1 aliphatic heterocycles. The molecule has 0 spiro atoms. The van der Waals surface area contributed by atoms with Crippen LogP contribution in [0.15, 0.2) is 59.1 Å². The molecular formula is C22H23N3O3. The van der Waals surface area contributed by atoms with Gasteiger partial charge in [0.15, 0.2) is 17.1 Å². The van der Waals surface area contributed by atoms with Gasteiger partial charge in [0.05, 0.1) is 0 Å². The van der Waals surface area contributed by atoms with Crippen molar-refractivity contribution < 1.29 is 14.4 Å². The molecule has 0 amide bonds. The number of piperidine rings is 1. The summed E-state index contributed by atoms with van der Waals surface area (Å²) in [6, 6.07) is 17.9. The quantitative estimate of drug-likeness (QED) is 0.685. The fraction of sp³-hybridized carbons (Fsp3) is 0.273. The molecule has 2 N–H and O–H groups in total. The lowest BCUT2D eigenvalue weighted by Crippen LogP contribution is -2.39. The number of hydrogen-bond acceptors (Lipinski definition) is 5. The zero-order valence-electron chi connectivity index (χ0n) is 15.8. The molecule has 0 saturated carbocycles. The maximum Gasteiger partial charge on any atom is 0.343 e. The Balaban J connectivity index is 1.47. The molecule has 4 rings (SSSR count). The van der Waals surface area contributed by atoms with E-state index in [4.69, 9.17) is 4.52 Å². The average Bonchev–Trinajstić information content (AvgIpc) is 3.13. The Morgan fingerprint density at radius 3 is 2.57 bits per heavy atom. The number of nitrogens with one attached hydrogen (secondary N) is 1. The van der Waals surface area contributed by atoms with Crippen LogP contribution >= 0.6 is 0 Å². The first kappa shape index (κ1) is 18.1. The minimum atomic E-state index is -1.04. The zero-order chi connectivity index (χ0) is 19.5. The summed E-state index contributed by atoms with van der Waals surface area (Å²) in [4.78, 5) is 14.2. The lowest BCUT2D eigenvalue weighted by atomic mass is 10.0. The molecule has 28 heavy (non-hydrogen) atoms. The molecule has 0 aliphatic carbocycles. The second kappa shape index (κ2) is 7.76. The molecule has 0 bridgehead atoms. The Bertz CT molecular complexity index is 960. The molecule has 0 unspecified atom stereocenters. The number of carboxylic acid groups (broad SMARTS) is 1. The first-order chi connectivity index (χ1) is 13.6. The van der Waals surface area contributed by atoms with Crippen molar-refractivity contribution >= 4 is 17.5 Å². The predicted molar refractivity (Wildman–Crippen MR) is 109 cm³/mol. The highest BCUT2D eigenvalue weighted by molar-refractivity contribution is 5.99. The van der Waals surface area contributed by atoms with Gasteiger partial charge in [0.1, 0.15) is 0 Å². The van der Waals surface area contributed by atoms with Gasteiger partial charge in [-0.05, 0) is 37.5 Å². The fourth-order valence-corrected chi connectivity index (χ4v) is 3.67. The minimum Gasteiger partial charge on any atom is -0.477 e. The Morgan fingerprint density at radius 2 is 1.89 bits per heavy atom. The van der Waals surface area contributed by atoms with Crippen LogP contribution < -0.4 is 10.2 Å². The van der Waals surface area contributed by atoms with E-state index in [1.165, 1.54) is 11.3 Å². The molecule has 2 aromatic carbocycles. The fourth-order valence-electron chi connectivity index (χ4n) is 3.67. The Labute approximate surface area is 163 Å². The van der Waals surface area contributed by atoms with Gasteiger partial charge in [0.25, 0.3) is 0 Å². The van der Waals surface area contributed by atoms with Crippen molar-refractivity contribution in [2.75, 3.05) is 23.3 Å². The van der Waals surface area contributed by atoms with Crippen LogP contribution in [0.4, 0.5) is 11.5 Å². The van der Waals surface area contributed by atoms with Crippen LogP contribution in [0.3, 0.4) is 0 Å². The van der Waals surface area contributed by atoms with Crippen molar-refractivity contribution in [3.63, 3.8) is 0 Å². The predicted octanol–water partition coefficient (Wildman–Crippen LogP) is 4.43. The van der Waals surface area contributed by atoms with Gasteiger partial charge in [-0.1, -0.05) is 47.6 Å². The highest BCUT2D eigenvalue weighted by atomic mass is 16.5. The number of benzene rings is 2. The number of hydrogen-bond donors (Lipinski definition) is 2. The first-order valence-electron chi connectivity index (χ1n) is 9.48. The molecule has 1 fully saturated rings. The smallest absolute Gasteiger partial charge is 0.343 e. The SMILES string of the molecule is Cc1cccc(N2CCC(Nc3noc(-c4ccccc4)c3C(=O)O)CC2)c1. The van der Waals surface area contributed by atoms with Crippen molar-refractivity contribution in [1.82, 2.24) is 5.16 Å². The van der Waals surface area contributed by atoms with Gasteiger partial charge < -0.3 is 19.8 Å². The van der Waals surface area contributed by atoms with Crippen LogP contribution in [0.5, 0.6) is 0 Å². The third-order valence-corrected chi connectivity index (χ3v) is 5.14. The van der Waals surface area contributed by atoms with Gasteiger partial charge in [-0.3, -0.25) is 0 Å². The van der Waals surface area contributed by atoms with Crippen LogP contribution in [-0.2, 0) is 0 Å². The van der Waals surface area contributed by atoms with Crippen molar-refractivity contribution in [3.05, 3.63) is 65.7 Å². The summed E-state index contributed by atoms with van der Waals surface area (Å²) in [7, 11) is 0. The van der Waals surface area contributed by atoms with Gasteiger partial charge in [-0.15, -0.1) is 0 Å². The molecule has 6 nitrogen and oxygen atoms in total. The monoisotopic (exact) mass is 377 g/mol. The lowest BCUT2D eigenvalue weighted by molar-refractivity contribution is 0.0698. The molecular weight excluding hydrogens is 354 g/mol. The molecule has 0 atom stereocenters. The average molecular weight is 377 g/mol. The molecule has 6 heteroatoms. The number of aromatic carboxylic acids is 1. The number of carboxylic acids is 1. The Kier molecular flexibility index (Phi) is 5.02. The molecule has 144 valence electrons. The summed E-state index contributed by atoms with van der Waals surface area (Å²) in [5, 5.41) is 17.0. The summed E-state index contributed by atoms with van der Waals surface area (Å²) in [6.07, 6.45) is 1.81. The number of nitrogens with zero attached hydrogens (tertiary/aromatic N) is 2. The second-order valence-electron chi connectivity index (χ2n) is 7.15. The van der Waals surface area contributed by atoms with E-state index < -0.39 is 5.97 Å². The second-order valence-corrected chi connectivity index (χ2v) is 7.15. The maximum absolute atomic E-state index is 11.8. The highest BCUT2D eigenvalue weighted by Crippen LogP contribution is 2.31. The van der Waals surface area contributed by atoms with Crippen molar-refractivity contribution in [3.8, 4) is 11.3 Å². The van der Waals surface area contributed by atoms with Crippen LogP contribution in [-0.4, -0.2) is 35.4 Å². The van der Waals surface area contributed by atoms with E-state index in [0.29, 0.717) is 11.4 Å². The summed E-state index contributed by atoms with van der Waals surface area (Å²) in [5.41, 5.74) is 3.28. The standard InChI is InChI=1S/C22H23N3O3/c1-15-6-5-9-18(14-15)25-12-10-17(11-13-25)23-21-19(22(26)27)20(28-24-21)16-7-3-2-4-8-16/h2-9,14,17H,10-13H2,1H3,(H,23,24)(H,26,27). The van der Waals surface area contributed by atoms with Gasteiger partial charge in [0.2, 0.25) is 0 Å². The van der Waals surface area contributed by atoms with E-state index in [1.54, 1.807) is 0 Å². The van der Waals surface area contributed by atoms with E-state index in [9.17, 15) is 9.90 Å². The third-order valence-electron chi connectivity index (χ3n) is 5.14. The normalized spacial score (nSPS) is 14.8. The van der Waals surface area contributed by atoms with Crippen LogP contribution in [0, 0.1) is 6.92 Å². The Hall–Kier alpha value is -3.28. The first-order valence-corrected chi connectivity index (χ1v) is 9.48. The topological polar surface area (TPSA) is 78.6 Å². The molecule has 1 aliphatic rings. The van der Waals surface area contributed by atoms with Gasteiger partial charge in [0, 0.05) is 30.4 Å². The summed E-state index contributed by atoms with van der Waals surface area (Å²) >= 11 is 0. The minimum absolute atomic E-state index is 0.0901. The van der Waals surface area contributed by atoms with Gasteiger partial charge >= 0.3 is 5.97 Å². The summed E-state index contributed by atoms with van der Waals surface area (Å²) < 4.78 is 5.38. The number of aromatic nitrogens is 1. The van der Waals surface area contributed by atoms with Crippen LogP contribution in [0.25, 0.3) is 11.3 Å². The summed E-state index contributed by atoms with van der Waals surface area (Å²) in [6.45, 7) is 3.92. The lowest BCUT2D eigenvalue weighted by Gasteiger charge is -2.34. The largest absolute Gasteiger partial charge is 0.477 e. The highest BCUT2D eigenvalue weighted by Gasteiger charge is 2.27. The van der Waals surface area contributed by atoms with E-state index >= 15 is 0 Å².